The molecule has 3 nitrogen and oxygen atoms in total. The summed E-state index contributed by atoms with van der Waals surface area (Å²) in [4.78, 5) is 0. The number of rotatable bonds is 7. The van der Waals surface area contributed by atoms with Crippen molar-refractivity contribution in [3.8, 4) is 5.75 Å². The molecule has 0 radical (unpaired) electrons. The number of alkyl halides is 3. The largest absolute Gasteiger partial charge is 0.467 e. The third-order valence-electron chi connectivity index (χ3n) is 2.22. The van der Waals surface area contributed by atoms with Crippen LogP contribution in [0.4, 0.5) is 17.6 Å². The van der Waals surface area contributed by atoms with Crippen molar-refractivity contribution < 1.29 is 27.0 Å². The minimum absolute atomic E-state index is 0.132. The zero-order valence-electron chi connectivity index (χ0n) is 11.3. The average Bonchev–Trinajstić information content (AvgIpc) is 2.30. The molecule has 0 aliphatic rings. The molecule has 0 amide bonds. The van der Waals surface area contributed by atoms with Gasteiger partial charge in [0.2, 0.25) is 0 Å². The van der Waals surface area contributed by atoms with E-state index in [-0.39, 0.29) is 11.8 Å². The molecule has 1 rings (SSSR count). The Morgan fingerprint density at radius 1 is 1.20 bits per heavy atom. The second kappa shape index (κ2) is 7.44. The molecule has 114 valence electrons. The Kier molecular flexibility index (Phi) is 6.22. The highest BCUT2D eigenvalue weighted by atomic mass is 19.4. The van der Waals surface area contributed by atoms with Crippen LogP contribution in [-0.2, 0) is 11.3 Å². The molecule has 7 heteroatoms. The first-order valence-corrected chi connectivity index (χ1v) is 6.06. The van der Waals surface area contributed by atoms with E-state index < -0.39 is 25.4 Å². The van der Waals surface area contributed by atoms with Crippen molar-refractivity contribution in [3.63, 3.8) is 0 Å². The Morgan fingerprint density at radius 2 is 1.90 bits per heavy atom. The fraction of sp³-hybridized carbons (Fsp3) is 0.538. The topological polar surface area (TPSA) is 30.5 Å². The maximum Gasteiger partial charge on any atom is 0.411 e. The van der Waals surface area contributed by atoms with Crippen molar-refractivity contribution in [2.75, 3.05) is 13.4 Å². The molecule has 0 aromatic heterocycles. The molecule has 0 heterocycles. The standard InChI is InChI=1S/C13H17F4NO2/c1-9(2)18-6-10-3-11(14)5-12(4-10)20-8-19-7-13(15,16)17/h3-5,9,18H,6-8H2,1-2H3. The van der Waals surface area contributed by atoms with Gasteiger partial charge in [0.15, 0.2) is 6.79 Å². The number of benzene rings is 1. The number of nitrogens with one attached hydrogen (secondary N) is 1. The lowest BCUT2D eigenvalue weighted by Crippen LogP contribution is -2.22. The maximum atomic E-state index is 13.3. The number of ether oxygens (including phenoxy) is 2. The fourth-order valence-electron chi connectivity index (χ4n) is 1.40. The average molecular weight is 295 g/mol. The van der Waals surface area contributed by atoms with Crippen LogP contribution < -0.4 is 10.1 Å². The van der Waals surface area contributed by atoms with Crippen LogP contribution in [0.5, 0.6) is 5.75 Å². The molecular weight excluding hydrogens is 278 g/mol. The van der Waals surface area contributed by atoms with Gasteiger partial charge in [-0.1, -0.05) is 13.8 Å². The summed E-state index contributed by atoms with van der Waals surface area (Å²) in [5.41, 5.74) is 0.643. The Hall–Kier alpha value is -1.34. The van der Waals surface area contributed by atoms with Crippen molar-refractivity contribution in [1.82, 2.24) is 5.32 Å². The second-order valence-electron chi connectivity index (χ2n) is 4.56. The number of hydrogen-bond acceptors (Lipinski definition) is 3. The van der Waals surface area contributed by atoms with Gasteiger partial charge in [0.05, 0.1) is 0 Å². The summed E-state index contributed by atoms with van der Waals surface area (Å²) >= 11 is 0. The van der Waals surface area contributed by atoms with Crippen LogP contribution in [0.2, 0.25) is 0 Å². The van der Waals surface area contributed by atoms with Crippen molar-refractivity contribution in [1.29, 1.82) is 0 Å². The molecule has 1 aromatic rings. The van der Waals surface area contributed by atoms with E-state index in [2.05, 4.69) is 10.1 Å². The summed E-state index contributed by atoms with van der Waals surface area (Å²) in [6, 6.07) is 4.21. The van der Waals surface area contributed by atoms with Gasteiger partial charge < -0.3 is 14.8 Å². The fourth-order valence-corrected chi connectivity index (χ4v) is 1.40. The molecule has 1 aromatic carbocycles. The first-order chi connectivity index (χ1) is 9.26. The lowest BCUT2D eigenvalue weighted by Gasteiger charge is -2.12. The summed E-state index contributed by atoms with van der Waals surface area (Å²) in [7, 11) is 0. The van der Waals surface area contributed by atoms with Gasteiger partial charge in [0.25, 0.3) is 0 Å². The summed E-state index contributed by atoms with van der Waals surface area (Å²) in [6.07, 6.45) is -4.41. The maximum absolute atomic E-state index is 13.3. The van der Waals surface area contributed by atoms with Crippen molar-refractivity contribution >= 4 is 0 Å². The number of hydrogen-bond donors (Lipinski definition) is 1. The van der Waals surface area contributed by atoms with Crippen molar-refractivity contribution in [3.05, 3.63) is 29.6 Å². The van der Waals surface area contributed by atoms with E-state index in [9.17, 15) is 17.6 Å². The van der Waals surface area contributed by atoms with Crippen LogP contribution in [0.15, 0.2) is 18.2 Å². The SMILES string of the molecule is CC(C)NCc1cc(F)cc(OCOCC(F)(F)F)c1. The Bertz CT molecular complexity index is 421. The predicted molar refractivity (Wildman–Crippen MR) is 65.9 cm³/mol. The third kappa shape index (κ3) is 7.30. The minimum Gasteiger partial charge on any atom is -0.467 e. The Balaban J connectivity index is 2.49. The predicted octanol–water partition coefficient (Wildman–Crippen LogP) is 3.24. The summed E-state index contributed by atoms with van der Waals surface area (Å²) in [5.74, 6) is -0.383. The monoisotopic (exact) mass is 295 g/mol. The molecule has 0 spiro atoms. The first-order valence-electron chi connectivity index (χ1n) is 6.06. The van der Waals surface area contributed by atoms with Crippen LogP contribution in [0.1, 0.15) is 19.4 Å². The van der Waals surface area contributed by atoms with E-state index in [0.29, 0.717) is 12.1 Å². The highest BCUT2D eigenvalue weighted by molar-refractivity contribution is 5.29. The first kappa shape index (κ1) is 16.7. The van der Waals surface area contributed by atoms with Crippen LogP contribution in [-0.4, -0.2) is 25.6 Å². The highest BCUT2D eigenvalue weighted by Crippen LogP contribution is 2.18. The molecule has 0 unspecified atom stereocenters. The van der Waals surface area contributed by atoms with Gasteiger partial charge >= 0.3 is 6.18 Å². The molecular formula is C13H17F4NO2. The van der Waals surface area contributed by atoms with Gasteiger partial charge in [-0.2, -0.15) is 13.2 Å². The van der Waals surface area contributed by atoms with Gasteiger partial charge in [0, 0.05) is 18.7 Å². The molecule has 0 saturated carbocycles. The van der Waals surface area contributed by atoms with E-state index in [1.165, 1.54) is 6.07 Å². The zero-order valence-corrected chi connectivity index (χ0v) is 11.3. The second-order valence-corrected chi connectivity index (χ2v) is 4.56. The van der Waals surface area contributed by atoms with Gasteiger partial charge in [-0.15, -0.1) is 0 Å². The molecule has 0 aliphatic heterocycles. The molecule has 1 N–H and O–H groups in total. The van der Waals surface area contributed by atoms with Crippen LogP contribution in [0, 0.1) is 5.82 Å². The Labute approximate surface area is 114 Å². The number of halogens is 4. The Morgan fingerprint density at radius 3 is 2.50 bits per heavy atom. The van der Waals surface area contributed by atoms with Crippen molar-refractivity contribution in [2.45, 2.75) is 32.6 Å². The highest BCUT2D eigenvalue weighted by Gasteiger charge is 2.27. The van der Waals surface area contributed by atoms with Crippen LogP contribution in [0.3, 0.4) is 0 Å². The van der Waals surface area contributed by atoms with Gasteiger partial charge in [-0.05, 0) is 17.7 Å². The molecule has 0 saturated heterocycles. The normalized spacial score (nSPS) is 11.9. The molecule has 0 aliphatic carbocycles. The van der Waals surface area contributed by atoms with Crippen molar-refractivity contribution in [2.24, 2.45) is 0 Å². The van der Waals surface area contributed by atoms with Gasteiger partial charge in [-0.25, -0.2) is 4.39 Å². The van der Waals surface area contributed by atoms with Gasteiger partial charge in [0.1, 0.15) is 18.2 Å². The summed E-state index contributed by atoms with van der Waals surface area (Å²) < 4.78 is 58.1. The summed E-state index contributed by atoms with van der Waals surface area (Å²) in [6.45, 7) is 2.35. The van der Waals surface area contributed by atoms with E-state index in [0.717, 1.165) is 6.07 Å². The lowest BCUT2D eigenvalue weighted by atomic mass is 10.2. The molecule has 0 atom stereocenters. The quantitative estimate of drug-likeness (QED) is 0.476. The molecule has 0 fully saturated rings. The van der Waals surface area contributed by atoms with Crippen LogP contribution in [0.25, 0.3) is 0 Å². The smallest absolute Gasteiger partial charge is 0.411 e. The van der Waals surface area contributed by atoms with Gasteiger partial charge in [-0.3, -0.25) is 0 Å². The zero-order chi connectivity index (χ0) is 15.2. The third-order valence-corrected chi connectivity index (χ3v) is 2.22. The van der Waals surface area contributed by atoms with E-state index >= 15 is 0 Å². The van der Waals surface area contributed by atoms with E-state index in [1.54, 1.807) is 6.07 Å². The molecule has 20 heavy (non-hydrogen) atoms. The summed E-state index contributed by atoms with van der Waals surface area (Å²) in [5, 5.41) is 3.10. The van der Waals surface area contributed by atoms with E-state index in [1.807, 2.05) is 13.8 Å². The lowest BCUT2D eigenvalue weighted by molar-refractivity contribution is -0.186. The molecule has 0 bridgehead atoms. The minimum atomic E-state index is -4.41. The van der Waals surface area contributed by atoms with Crippen LogP contribution >= 0.6 is 0 Å². The van der Waals surface area contributed by atoms with E-state index in [4.69, 9.17) is 4.74 Å².